The Morgan fingerprint density at radius 3 is 2.67 bits per heavy atom. The predicted octanol–water partition coefficient (Wildman–Crippen LogP) is 3.23. The number of hydrogen-bond acceptors (Lipinski definition) is 3. The van der Waals surface area contributed by atoms with Crippen LogP contribution in [0.5, 0.6) is 0 Å². The lowest BCUT2D eigenvalue weighted by molar-refractivity contribution is -0.176. The molecule has 0 saturated heterocycles. The summed E-state index contributed by atoms with van der Waals surface area (Å²) in [6.45, 7) is 6.16. The van der Waals surface area contributed by atoms with E-state index in [4.69, 9.17) is 0 Å². The van der Waals surface area contributed by atoms with Crippen molar-refractivity contribution in [2.45, 2.75) is 46.5 Å². The van der Waals surface area contributed by atoms with Gasteiger partial charge in [-0.2, -0.15) is 5.26 Å². The summed E-state index contributed by atoms with van der Waals surface area (Å²) >= 11 is 0. The number of aliphatic carboxylic acids is 1. The highest BCUT2D eigenvalue weighted by atomic mass is 16.4. The fraction of sp³-hybridized carbons (Fsp3) is 0.800. The Bertz CT molecular complexity index is 677. The Labute approximate surface area is 143 Å². The number of fused-ring (bicyclic) bond motifs is 2. The van der Waals surface area contributed by atoms with Crippen LogP contribution in [0.2, 0.25) is 0 Å². The molecule has 4 aliphatic rings. The SMILES string of the molecule is CC(C)C1=CC2C[C@]3(C#N)C4CCC(C)C4C[C@]2(CO)[C@]13C(=O)O. The molecule has 0 amide bonds. The second kappa shape index (κ2) is 4.64. The third kappa shape index (κ3) is 1.32. The fourth-order valence-electron chi connectivity index (χ4n) is 7.57. The molecule has 0 heterocycles. The summed E-state index contributed by atoms with van der Waals surface area (Å²) in [6, 6.07) is 2.57. The van der Waals surface area contributed by atoms with Crippen LogP contribution in [0, 0.1) is 57.2 Å². The molecule has 7 atom stereocenters. The van der Waals surface area contributed by atoms with Crippen molar-refractivity contribution < 1.29 is 15.0 Å². The maximum Gasteiger partial charge on any atom is 0.316 e. The molecule has 4 rings (SSSR count). The number of carboxylic acids is 1. The van der Waals surface area contributed by atoms with Gasteiger partial charge in [-0.3, -0.25) is 4.79 Å². The van der Waals surface area contributed by atoms with Crippen molar-refractivity contribution in [1.29, 1.82) is 5.26 Å². The van der Waals surface area contributed by atoms with Crippen molar-refractivity contribution in [3.8, 4) is 6.07 Å². The maximum absolute atomic E-state index is 12.8. The average Bonchev–Trinajstić information content (AvgIpc) is 3.11. The molecule has 4 unspecified atom stereocenters. The van der Waals surface area contributed by atoms with Gasteiger partial charge < -0.3 is 10.2 Å². The average molecular weight is 329 g/mol. The Morgan fingerprint density at radius 1 is 1.42 bits per heavy atom. The van der Waals surface area contributed by atoms with Crippen molar-refractivity contribution in [2.24, 2.45) is 45.8 Å². The smallest absolute Gasteiger partial charge is 0.316 e. The molecule has 4 heteroatoms. The molecular weight excluding hydrogens is 302 g/mol. The number of nitriles is 1. The molecular formula is C20H27NO3. The summed E-state index contributed by atoms with van der Waals surface area (Å²) in [5.41, 5.74) is -1.84. The van der Waals surface area contributed by atoms with Gasteiger partial charge in [-0.05, 0) is 48.9 Å². The van der Waals surface area contributed by atoms with Crippen LogP contribution in [0.4, 0.5) is 0 Å². The van der Waals surface area contributed by atoms with E-state index in [1.807, 2.05) is 13.8 Å². The van der Waals surface area contributed by atoms with E-state index >= 15 is 0 Å². The first-order chi connectivity index (χ1) is 11.3. The monoisotopic (exact) mass is 329 g/mol. The Morgan fingerprint density at radius 2 is 2.12 bits per heavy atom. The highest BCUT2D eigenvalue weighted by Crippen LogP contribution is 2.82. The molecule has 4 nitrogen and oxygen atoms in total. The highest BCUT2D eigenvalue weighted by Gasteiger charge is 2.84. The molecule has 2 N–H and O–H groups in total. The molecule has 0 spiro atoms. The number of hydrogen-bond donors (Lipinski definition) is 2. The molecule has 0 aromatic carbocycles. The zero-order chi connectivity index (χ0) is 17.5. The largest absolute Gasteiger partial charge is 0.481 e. The summed E-state index contributed by atoms with van der Waals surface area (Å²) in [7, 11) is 0. The predicted molar refractivity (Wildman–Crippen MR) is 88.7 cm³/mol. The first-order valence-corrected chi connectivity index (χ1v) is 9.30. The lowest BCUT2D eigenvalue weighted by atomic mass is 9.43. The first-order valence-electron chi connectivity index (χ1n) is 9.30. The first kappa shape index (κ1) is 16.1. The zero-order valence-electron chi connectivity index (χ0n) is 14.7. The lowest BCUT2D eigenvalue weighted by Crippen LogP contribution is -2.62. The van der Waals surface area contributed by atoms with E-state index in [-0.39, 0.29) is 24.4 Å². The number of carbonyl (C=O) groups is 1. The quantitative estimate of drug-likeness (QED) is 0.779. The molecule has 24 heavy (non-hydrogen) atoms. The van der Waals surface area contributed by atoms with Crippen LogP contribution < -0.4 is 0 Å². The number of rotatable bonds is 3. The number of aliphatic hydroxyl groups is 1. The van der Waals surface area contributed by atoms with Gasteiger partial charge in [-0.15, -0.1) is 0 Å². The van der Waals surface area contributed by atoms with E-state index in [0.29, 0.717) is 18.3 Å². The van der Waals surface area contributed by atoms with Gasteiger partial charge in [0.05, 0.1) is 18.1 Å². The van der Waals surface area contributed by atoms with Gasteiger partial charge in [0.15, 0.2) is 0 Å². The minimum absolute atomic E-state index is 0.0217. The number of allylic oxidation sites excluding steroid dienone is 1. The van der Waals surface area contributed by atoms with E-state index in [1.54, 1.807) is 0 Å². The Balaban J connectivity index is 2.04. The van der Waals surface area contributed by atoms with Gasteiger partial charge in [0.2, 0.25) is 0 Å². The van der Waals surface area contributed by atoms with Crippen molar-refractivity contribution in [3.05, 3.63) is 11.6 Å². The van der Waals surface area contributed by atoms with Crippen molar-refractivity contribution in [3.63, 3.8) is 0 Å². The second-order valence-corrected chi connectivity index (χ2v) is 9.07. The second-order valence-electron chi connectivity index (χ2n) is 9.07. The summed E-state index contributed by atoms with van der Waals surface area (Å²) < 4.78 is 0. The van der Waals surface area contributed by atoms with Gasteiger partial charge in [0.25, 0.3) is 0 Å². The Hall–Kier alpha value is -1.34. The van der Waals surface area contributed by atoms with Gasteiger partial charge in [-0.1, -0.05) is 38.8 Å². The highest BCUT2D eigenvalue weighted by molar-refractivity contribution is 5.85. The molecule has 0 radical (unpaired) electrons. The molecule has 130 valence electrons. The van der Waals surface area contributed by atoms with Crippen LogP contribution in [-0.2, 0) is 4.79 Å². The number of nitrogens with zero attached hydrogens (tertiary/aromatic N) is 1. The van der Waals surface area contributed by atoms with Crippen LogP contribution >= 0.6 is 0 Å². The third-order valence-corrected chi connectivity index (χ3v) is 8.32. The third-order valence-electron chi connectivity index (χ3n) is 8.32. The summed E-state index contributed by atoms with van der Waals surface area (Å²) in [6.07, 6.45) is 5.51. The van der Waals surface area contributed by atoms with E-state index < -0.39 is 22.2 Å². The molecule has 0 aromatic heterocycles. The summed E-state index contributed by atoms with van der Waals surface area (Å²) in [5.74, 6) is 0.264. The summed E-state index contributed by atoms with van der Waals surface area (Å²) in [4.78, 5) is 12.8. The zero-order valence-corrected chi connectivity index (χ0v) is 14.7. The maximum atomic E-state index is 12.8. The molecule has 4 aliphatic carbocycles. The normalized spacial score (nSPS) is 51.4. The van der Waals surface area contributed by atoms with Crippen molar-refractivity contribution in [2.75, 3.05) is 6.61 Å². The van der Waals surface area contributed by atoms with Gasteiger partial charge in [-0.25, -0.2) is 0 Å². The lowest BCUT2D eigenvalue weighted by Gasteiger charge is -2.57. The molecule has 4 bridgehead atoms. The Kier molecular flexibility index (Phi) is 3.12. The fourth-order valence-corrected chi connectivity index (χ4v) is 7.57. The standard InChI is InChI=1S/C20H27NO3/c1-11(2)16-6-13-7-18(9-21)15-5-4-12(3)14(15)8-19(13,10-22)20(16,18)17(23)24/h6,11-15,22H,4-5,7-8,10H2,1-3H3,(H,23,24)/t12?,13?,14?,15?,18-,19+,20-/m0/s1. The topological polar surface area (TPSA) is 81.3 Å². The molecule has 3 fully saturated rings. The van der Waals surface area contributed by atoms with Gasteiger partial charge in [0.1, 0.15) is 5.41 Å². The van der Waals surface area contributed by atoms with Gasteiger partial charge >= 0.3 is 5.97 Å². The van der Waals surface area contributed by atoms with E-state index in [0.717, 1.165) is 24.8 Å². The van der Waals surface area contributed by atoms with Crippen LogP contribution in [0.15, 0.2) is 11.6 Å². The minimum Gasteiger partial charge on any atom is -0.481 e. The van der Waals surface area contributed by atoms with Crippen LogP contribution in [-0.4, -0.2) is 22.8 Å². The van der Waals surface area contributed by atoms with E-state index in [2.05, 4.69) is 19.1 Å². The molecule has 0 aliphatic heterocycles. The summed E-state index contributed by atoms with van der Waals surface area (Å²) in [5, 5.41) is 31.3. The van der Waals surface area contributed by atoms with Crippen LogP contribution in [0.3, 0.4) is 0 Å². The van der Waals surface area contributed by atoms with Crippen molar-refractivity contribution >= 4 is 5.97 Å². The number of aliphatic hydroxyl groups excluding tert-OH is 1. The van der Waals surface area contributed by atoms with Crippen molar-refractivity contribution in [1.82, 2.24) is 0 Å². The van der Waals surface area contributed by atoms with E-state index in [1.165, 1.54) is 0 Å². The van der Waals surface area contributed by atoms with Gasteiger partial charge in [0, 0.05) is 5.41 Å². The minimum atomic E-state index is -1.20. The molecule has 3 saturated carbocycles. The van der Waals surface area contributed by atoms with Crippen LogP contribution in [0.25, 0.3) is 0 Å². The van der Waals surface area contributed by atoms with Crippen LogP contribution in [0.1, 0.15) is 46.5 Å². The number of carboxylic acid groups (broad SMARTS) is 1. The molecule has 0 aromatic rings. The van der Waals surface area contributed by atoms with E-state index in [9.17, 15) is 20.3 Å².